The molecule has 0 aliphatic heterocycles. The van der Waals surface area contributed by atoms with Gasteiger partial charge in [-0.15, -0.1) is 11.3 Å². The summed E-state index contributed by atoms with van der Waals surface area (Å²) in [4.78, 5) is 16.5. The fourth-order valence-corrected chi connectivity index (χ4v) is 3.84. The van der Waals surface area contributed by atoms with Crippen LogP contribution in [0.25, 0.3) is 26.9 Å². The number of amides is 1. The minimum absolute atomic E-state index is 0.117. The highest BCUT2D eigenvalue weighted by atomic mass is 32.1. The molecule has 8 heteroatoms. The number of carbonyl (C=O) groups is 1. The Kier molecular flexibility index (Phi) is 5.37. The molecule has 0 atom stereocenters. The number of hydrogen-bond acceptors (Lipinski definition) is 6. The van der Waals surface area contributed by atoms with Crippen LogP contribution >= 0.6 is 23.6 Å². The minimum atomic E-state index is -0.385. The Morgan fingerprint density at radius 3 is 2.83 bits per heavy atom. The molecule has 0 unspecified atom stereocenters. The summed E-state index contributed by atoms with van der Waals surface area (Å²) in [6.07, 6.45) is 4.40. The Balaban J connectivity index is 1.47. The van der Waals surface area contributed by atoms with Crippen molar-refractivity contribution in [3.05, 3.63) is 72.7 Å². The van der Waals surface area contributed by atoms with Gasteiger partial charge in [0.1, 0.15) is 16.5 Å². The normalized spacial score (nSPS) is 11.0. The number of anilines is 1. The Hall–Kier alpha value is -3.49. The standard InChI is InChI=1S/C21H15N3O3S2/c25-17-9-7-13(12-15(17)20-23-16-5-1-2-6-18(16)29-20)22-21(28)24-19(26)10-8-14-4-3-11-27-14/h1-12,25H,(H2,22,24,26,28). The van der Waals surface area contributed by atoms with Gasteiger partial charge in [-0.05, 0) is 60.8 Å². The lowest BCUT2D eigenvalue weighted by molar-refractivity contribution is -0.115. The number of para-hydroxylation sites is 1. The van der Waals surface area contributed by atoms with Crippen LogP contribution in [-0.2, 0) is 4.79 Å². The van der Waals surface area contributed by atoms with E-state index in [1.165, 1.54) is 23.7 Å². The van der Waals surface area contributed by atoms with Crippen molar-refractivity contribution in [3.63, 3.8) is 0 Å². The highest BCUT2D eigenvalue weighted by molar-refractivity contribution is 7.80. The molecule has 2 aromatic heterocycles. The van der Waals surface area contributed by atoms with E-state index in [1.807, 2.05) is 24.3 Å². The van der Waals surface area contributed by atoms with Crippen LogP contribution in [-0.4, -0.2) is 21.1 Å². The molecule has 0 radical (unpaired) electrons. The van der Waals surface area contributed by atoms with Crippen molar-refractivity contribution < 1.29 is 14.3 Å². The number of aromatic hydroxyl groups is 1. The first-order chi connectivity index (χ1) is 14.1. The van der Waals surface area contributed by atoms with Crippen LogP contribution in [0.1, 0.15) is 5.76 Å². The van der Waals surface area contributed by atoms with E-state index in [9.17, 15) is 9.90 Å². The van der Waals surface area contributed by atoms with Gasteiger partial charge < -0.3 is 14.8 Å². The zero-order valence-electron chi connectivity index (χ0n) is 15.0. The van der Waals surface area contributed by atoms with Gasteiger partial charge in [0.2, 0.25) is 5.91 Å². The number of phenols is 1. The molecule has 0 saturated heterocycles. The third kappa shape index (κ3) is 4.50. The second-order valence-electron chi connectivity index (χ2n) is 6.01. The lowest BCUT2D eigenvalue weighted by Crippen LogP contribution is -2.32. The number of thiocarbonyl (C=S) groups is 1. The van der Waals surface area contributed by atoms with Gasteiger partial charge in [-0.25, -0.2) is 4.98 Å². The van der Waals surface area contributed by atoms with Gasteiger partial charge in [0.05, 0.1) is 22.0 Å². The smallest absolute Gasteiger partial charge is 0.250 e. The maximum absolute atomic E-state index is 12.0. The molecular formula is C21H15N3O3S2. The van der Waals surface area contributed by atoms with Gasteiger partial charge >= 0.3 is 0 Å². The molecule has 0 spiro atoms. The lowest BCUT2D eigenvalue weighted by Gasteiger charge is -2.10. The van der Waals surface area contributed by atoms with E-state index in [4.69, 9.17) is 16.6 Å². The Morgan fingerprint density at radius 1 is 1.17 bits per heavy atom. The van der Waals surface area contributed by atoms with Crippen LogP contribution in [0.4, 0.5) is 5.69 Å². The van der Waals surface area contributed by atoms with Crippen LogP contribution in [0, 0.1) is 0 Å². The largest absolute Gasteiger partial charge is 0.507 e. The van der Waals surface area contributed by atoms with E-state index in [0.29, 0.717) is 22.0 Å². The van der Waals surface area contributed by atoms with Gasteiger partial charge in [-0.1, -0.05) is 12.1 Å². The zero-order valence-corrected chi connectivity index (χ0v) is 16.6. The van der Waals surface area contributed by atoms with E-state index in [2.05, 4.69) is 15.6 Å². The quantitative estimate of drug-likeness (QED) is 0.250. The summed E-state index contributed by atoms with van der Waals surface area (Å²) in [7, 11) is 0. The van der Waals surface area contributed by atoms with Crippen molar-refractivity contribution in [2.75, 3.05) is 5.32 Å². The number of thiazole rings is 1. The molecule has 0 bridgehead atoms. The average Bonchev–Trinajstić information content (AvgIpc) is 3.37. The van der Waals surface area contributed by atoms with E-state index in [0.717, 1.165) is 10.2 Å². The second-order valence-corrected chi connectivity index (χ2v) is 7.45. The van der Waals surface area contributed by atoms with E-state index < -0.39 is 0 Å². The fraction of sp³-hybridized carbons (Fsp3) is 0. The SMILES string of the molecule is O=C(C=Cc1ccco1)NC(=S)Nc1ccc(O)c(-c2nc3ccccc3s2)c1. The predicted octanol–water partition coefficient (Wildman–Crippen LogP) is 4.79. The van der Waals surface area contributed by atoms with Crippen LogP contribution in [0.5, 0.6) is 5.75 Å². The first kappa shape index (κ1) is 18.9. The predicted molar refractivity (Wildman–Crippen MR) is 119 cm³/mol. The van der Waals surface area contributed by atoms with Crippen LogP contribution < -0.4 is 10.6 Å². The summed E-state index contributed by atoms with van der Waals surface area (Å²) in [5.74, 6) is 0.299. The number of benzene rings is 2. The Labute approximate surface area is 175 Å². The van der Waals surface area contributed by atoms with Gasteiger partial charge in [0.15, 0.2) is 5.11 Å². The molecule has 2 heterocycles. The summed E-state index contributed by atoms with van der Waals surface area (Å²) >= 11 is 6.68. The van der Waals surface area contributed by atoms with Crippen molar-refractivity contribution in [1.82, 2.24) is 10.3 Å². The molecule has 2 aromatic carbocycles. The molecule has 0 aliphatic carbocycles. The summed E-state index contributed by atoms with van der Waals surface area (Å²) < 4.78 is 6.16. The molecule has 6 nitrogen and oxygen atoms in total. The minimum Gasteiger partial charge on any atom is -0.507 e. The third-order valence-electron chi connectivity index (χ3n) is 3.96. The first-order valence-electron chi connectivity index (χ1n) is 8.61. The molecule has 144 valence electrons. The van der Waals surface area contributed by atoms with Crippen molar-refractivity contribution in [1.29, 1.82) is 0 Å². The monoisotopic (exact) mass is 421 g/mol. The number of carbonyl (C=O) groups excluding carboxylic acids is 1. The lowest BCUT2D eigenvalue weighted by atomic mass is 10.2. The van der Waals surface area contributed by atoms with Crippen LogP contribution in [0.3, 0.4) is 0 Å². The van der Waals surface area contributed by atoms with Crippen LogP contribution in [0.15, 0.2) is 71.4 Å². The highest BCUT2D eigenvalue weighted by Gasteiger charge is 2.12. The molecule has 0 aliphatic rings. The van der Waals surface area contributed by atoms with Crippen molar-refractivity contribution in [2.24, 2.45) is 0 Å². The van der Waals surface area contributed by atoms with Gasteiger partial charge in [-0.3, -0.25) is 10.1 Å². The number of phenolic OH excluding ortho intramolecular Hbond substituents is 1. The average molecular weight is 422 g/mol. The second kappa shape index (κ2) is 8.26. The number of nitrogens with zero attached hydrogens (tertiary/aromatic N) is 1. The fourth-order valence-electron chi connectivity index (χ4n) is 2.63. The number of aromatic nitrogens is 1. The maximum atomic E-state index is 12.0. The molecule has 29 heavy (non-hydrogen) atoms. The van der Waals surface area contributed by atoms with Gasteiger partial charge in [0.25, 0.3) is 0 Å². The molecular weight excluding hydrogens is 406 g/mol. The molecule has 4 aromatic rings. The first-order valence-corrected chi connectivity index (χ1v) is 9.83. The van der Waals surface area contributed by atoms with Crippen LogP contribution in [0.2, 0.25) is 0 Å². The number of hydrogen-bond donors (Lipinski definition) is 3. The number of fused-ring (bicyclic) bond motifs is 1. The molecule has 1 amide bonds. The summed E-state index contributed by atoms with van der Waals surface area (Å²) in [5, 5.41) is 16.6. The number of rotatable bonds is 4. The van der Waals surface area contributed by atoms with Crippen molar-refractivity contribution >= 4 is 56.6 Å². The topological polar surface area (TPSA) is 87.4 Å². The van der Waals surface area contributed by atoms with E-state index in [-0.39, 0.29) is 16.8 Å². The van der Waals surface area contributed by atoms with Crippen molar-refractivity contribution in [2.45, 2.75) is 0 Å². The third-order valence-corrected chi connectivity index (χ3v) is 5.23. The molecule has 0 saturated carbocycles. The van der Waals surface area contributed by atoms with E-state index in [1.54, 1.807) is 36.4 Å². The number of nitrogens with one attached hydrogen (secondary N) is 2. The summed E-state index contributed by atoms with van der Waals surface area (Å²) in [6, 6.07) is 16.2. The molecule has 0 fully saturated rings. The molecule has 4 rings (SSSR count). The number of furan rings is 1. The Bertz CT molecular complexity index is 1180. The highest BCUT2D eigenvalue weighted by Crippen LogP contribution is 2.36. The maximum Gasteiger partial charge on any atom is 0.250 e. The zero-order chi connectivity index (χ0) is 20.2. The van der Waals surface area contributed by atoms with Crippen molar-refractivity contribution in [3.8, 4) is 16.3 Å². The van der Waals surface area contributed by atoms with Gasteiger partial charge in [0, 0.05) is 11.8 Å². The van der Waals surface area contributed by atoms with Gasteiger partial charge in [-0.2, -0.15) is 0 Å². The van der Waals surface area contributed by atoms with E-state index >= 15 is 0 Å². The Morgan fingerprint density at radius 2 is 2.03 bits per heavy atom. The summed E-state index contributed by atoms with van der Waals surface area (Å²) in [5.41, 5.74) is 2.08. The molecule has 3 N–H and O–H groups in total. The summed E-state index contributed by atoms with van der Waals surface area (Å²) in [6.45, 7) is 0.